The molecule has 1 heteroatoms. The van der Waals surface area contributed by atoms with Gasteiger partial charge in [0.25, 0.3) is 0 Å². The Balaban J connectivity index is 2.44. The molecule has 0 heterocycles. The Morgan fingerprint density at radius 1 is 0.824 bits per heavy atom. The van der Waals surface area contributed by atoms with E-state index in [4.69, 9.17) is 0 Å². The van der Waals surface area contributed by atoms with Crippen LogP contribution in [0.2, 0.25) is 0 Å². The van der Waals surface area contributed by atoms with Gasteiger partial charge in [-0.3, -0.25) is 0 Å². The Kier molecular flexibility index (Phi) is 6.40. The Morgan fingerprint density at radius 2 is 1.29 bits per heavy atom. The summed E-state index contributed by atoms with van der Waals surface area (Å²) in [6, 6.07) is 0. The average Bonchev–Trinajstić information content (AvgIpc) is 2.25. The minimum absolute atomic E-state index is 0.810. The van der Waals surface area contributed by atoms with Gasteiger partial charge in [0, 0.05) is 10.5 Å². The van der Waals surface area contributed by atoms with E-state index in [1.165, 1.54) is 25.7 Å². The molecule has 0 spiro atoms. The second kappa shape index (κ2) is 7.07. The smallest absolute Gasteiger partial charge is 0.00958 e. The third kappa shape index (κ3) is 4.85. The topological polar surface area (TPSA) is 0 Å². The van der Waals surface area contributed by atoms with E-state index >= 15 is 0 Å². The molecule has 0 aliphatic heterocycles. The number of hydrogen-bond donors (Lipinski definition) is 0. The molecule has 1 rings (SSSR count). The van der Waals surface area contributed by atoms with Crippen LogP contribution < -0.4 is 0 Å². The largest absolute Gasteiger partial charge is 0.155 e. The van der Waals surface area contributed by atoms with Crippen molar-refractivity contribution in [1.82, 2.24) is 0 Å². The molecule has 1 atom stereocenters. The van der Waals surface area contributed by atoms with Crippen LogP contribution >= 0.6 is 11.8 Å². The maximum Gasteiger partial charge on any atom is 0.00958 e. The van der Waals surface area contributed by atoms with Gasteiger partial charge in [-0.05, 0) is 36.5 Å². The number of rotatable bonds is 5. The van der Waals surface area contributed by atoms with Gasteiger partial charge >= 0.3 is 0 Å². The maximum absolute atomic E-state index is 2.48. The van der Waals surface area contributed by atoms with Crippen molar-refractivity contribution < 1.29 is 0 Å². The van der Waals surface area contributed by atoms with Gasteiger partial charge in [0.05, 0.1) is 0 Å². The molecule has 1 saturated carbocycles. The monoisotopic (exact) mass is 256 g/mol. The molecule has 17 heavy (non-hydrogen) atoms. The van der Waals surface area contributed by atoms with Gasteiger partial charge in [-0.1, -0.05) is 54.4 Å². The van der Waals surface area contributed by atoms with Crippen molar-refractivity contribution in [3.8, 4) is 0 Å². The van der Waals surface area contributed by atoms with Crippen molar-refractivity contribution in [2.45, 2.75) is 77.7 Å². The van der Waals surface area contributed by atoms with E-state index in [9.17, 15) is 0 Å². The van der Waals surface area contributed by atoms with E-state index in [1.54, 1.807) is 0 Å². The van der Waals surface area contributed by atoms with E-state index in [1.807, 2.05) is 0 Å². The zero-order valence-corrected chi connectivity index (χ0v) is 13.5. The van der Waals surface area contributed by atoms with E-state index in [0.717, 1.165) is 34.2 Å². The van der Waals surface area contributed by atoms with Gasteiger partial charge in [0.1, 0.15) is 0 Å². The molecule has 0 radical (unpaired) electrons. The predicted molar refractivity (Wildman–Crippen MR) is 81.6 cm³/mol. The van der Waals surface area contributed by atoms with Crippen molar-refractivity contribution in [3.05, 3.63) is 0 Å². The van der Waals surface area contributed by atoms with Crippen molar-refractivity contribution >= 4 is 11.8 Å². The molecule has 0 amide bonds. The van der Waals surface area contributed by atoms with Gasteiger partial charge in [0.2, 0.25) is 0 Å². The minimum Gasteiger partial charge on any atom is -0.155 e. The van der Waals surface area contributed by atoms with Crippen molar-refractivity contribution in [1.29, 1.82) is 0 Å². The highest BCUT2D eigenvalue weighted by atomic mass is 32.2. The summed E-state index contributed by atoms with van der Waals surface area (Å²) in [5, 5.41) is 1.70. The first kappa shape index (κ1) is 15.4. The van der Waals surface area contributed by atoms with Crippen LogP contribution in [0, 0.1) is 23.7 Å². The summed E-state index contributed by atoms with van der Waals surface area (Å²) in [6.45, 7) is 14.4. The Hall–Kier alpha value is 0.350. The van der Waals surface area contributed by atoms with Crippen LogP contribution in [-0.4, -0.2) is 10.5 Å². The van der Waals surface area contributed by atoms with Crippen LogP contribution in [0.1, 0.15) is 67.2 Å². The Morgan fingerprint density at radius 3 is 1.71 bits per heavy atom. The van der Waals surface area contributed by atoms with Crippen LogP contribution in [-0.2, 0) is 0 Å². The summed E-state index contributed by atoms with van der Waals surface area (Å²) in [5.74, 6) is 3.58. The summed E-state index contributed by atoms with van der Waals surface area (Å²) in [7, 11) is 0. The predicted octanol–water partition coefficient (Wildman–Crippen LogP) is 5.62. The second-order valence-electron chi connectivity index (χ2n) is 6.81. The molecule has 0 nitrogen and oxygen atoms in total. The summed E-state index contributed by atoms with van der Waals surface area (Å²) in [5.41, 5.74) is 0. The fourth-order valence-electron chi connectivity index (χ4n) is 3.20. The molecule has 0 aromatic carbocycles. The summed E-state index contributed by atoms with van der Waals surface area (Å²) in [6.07, 6.45) is 5.86. The van der Waals surface area contributed by atoms with Crippen LogP contribution in [0.25, 0.3) is 0 Å². The third-order valence-electron chi connectivity index (χ3n) is 4.41. The molecule has 0 bridgehead atoms. The van der Waals surface area contributed by atoms with Gasteiger partial charge in [0.15, 0.2) is 0 Å². The molecule has 1 unspecified atom stereocenters. The average molecular weight is 256 g/mol. The van der Waals surface area contributed by atoms with Crippen LogP contribution in [0.15, 0.2) is 0 Å². The molecular weight excluding hydrogens is 224 g/mol. The van der Waals surface area contributed by atoms with Crippen molar-refractivity contribution in [3.63, 3.8) is 0 Å². The lowest BCUT2D eigenvalue weighted by Crippen LogP contribution is -2.27. The first-order chi connectivity index (χ1) is 7.91. The lowest BCUT2D eigenvalue weighted by molar-refractivity contribution is 0.288. The maximum atomic E-state index is 2.48. The Bertz CT molecular complexity index is 194. The summed E-state index contributed by atoms with van der Waals surface area (Å²) < 4.78 is 0. The molecule has 1 aliphatic rings. The zero-order chi connectivity index (χ0) is 13.0. The summed E-state index contributed by atoms with van der Waals surface area (Å²) in [4.78, 5) is 0. The standard InChI is InChI=1S/C16H32S/c1-11(2)16(12(3)4)17-14(6)15-9-7-13(5)8-10-15/h11-16H,7-10H2,1-6H3. The number of thioether (sulfide) groups is 1. The third-order valence-corrected chi connectivity index (χ3v) is 6.63. The highest BCUT2D eigenvalue weighted by molar-refractivity contribution is 8.00. The van der Waals surface area contributed by atoms with E-state index in [-0.39, 0.29) is 0 Å². The zero-order valence-electron chi connectivity index (χ0n) is 12.7. The van der Waals surface area contributed by atoms with Gasteiger partial charge < -0.3 is 0 Å². The fraction of sp³-hybridized carbons (Fsp3) is 1.00. The minimum atomic E-state index is 0.810. The van der Waals surface area contributed by atoms with Gasteiger partial charge in [-0.15, -0.1) is 0 Å². The first-order valence-electron chi connectivity index (χ1n) is 7.57. The molecule has 1 aliphatic carbocycles. The van der Waals surface area contributed by atoms with Gasteiger partial charge in [-0.2, -0.15) is 11.8 Å². The molecule has 0 aromatic heterocycles. The number of hydrogen-bond acceptors (Lipinski definition) is 1. The Labute approximate surface area is 113 Å². The molecule has 0 aromatic rings. The normalized spacial score (nSPS) is 28.1. The van der Waals surface area contributed by atoms with Gasteiger partial charge in [-0.25, -0.2) is 0 Å². The molecule has 0 N–H and O–H groups in total. The van der Waals surface area contributed by atoms with Crippen molar-refractivity contribution in [2.24, 2.45) is 23.7 Å². The van der Waals surface area contributed by atoms with E-state index in [0.29, 0.717) is 0 Å². The molecule has 1 fully saturated rings. The molecular formula is C16H32S. The lowest BCUT2D eigenvalue weighted by Gasteiger charge is -2.34. The van der Waals surface area contributed by atoms with Crippen LogP contribution in [0.3, 0.4) is 0 Å². The second-order valence-corrected chi connectivity index (χ2v) is 8.37. The van der Waals surface area contributed by atoms with E-state index in [2.05, 4.69) is 53.3 Å². The highest BCUT2D eigenvalue weighted by Gasteiger charge is 2.27. The van der Waals surface area contributed by atoms with Crippen LogP contribution in [0.5, 0.6) is 0 Å². The first-order valence-corrected chi connectivity index (χ1v) is 8.51. The van der Waals surface area contributed by atoms with E-state index < -0.39 is 0 Å². The SMILES string of the molecule is CC1CCC(C(C)SC(C(C)C)C(C)C)CC1. The highest BCUT2D eigenvalue weighted by Crippen LogP contribution is 2.39. The van der Waals surface area contributed by atoms with Crippen molar-refractivity contribution in [2.75, 3.05) is 0 Å². The van der Waals surface area contributed by atoms with Crippen LogP contribution in [0.4, 0.5) is 0 Å². The fourth-order valence-corrected chi connectivity index (χ4v) is 4.82. The summed E-state index contributed by atoms with van der Waals surface area (Å²) >= 11 is 2.27. The molecule has 102 valence electrons. The quantitative estimate of drug-likeness (QED) is 0.615. The molecule has 0 saturated heterocycles. The lowest BCUT2D eigenvalue weighted by atomic mass is 9.81.